The summed E-state index contributed by atoms with van der Waals surface area (Å²) < 4.78 is 16.1. The summed E-state index contributed by atoms with van der Waals surface area (Å²) in [6.07, 6.45) is 3.98. The second-order valence-electron chi connectivity index (χ2n) is 6.74. The summed E-state index contributed by atoms with van der Waals surface area (Å²) in [6, 6.07) is 5.51. The molecule has 0 saturated heterocycles. The highest BCUT2D eigenvalue weighted by atomic mass is 16.5. The van der Waals surface area contributed by atoms with Crippen LogP contribution in [0.3, 0.4) is 0 Å². The van der Waals surface area contributed by atoms with Crippen LogP contribution in [0.25, 0.3) is 0 Å². The predicted octanol–water partition coefficient (Wildman–Crippen LogP) is 2.83. The third-order valence-corrected chi connectivity index (χ3v) is 4.19. The van der Waals surface area contributed by atoms with Crippen LogP contribution in [0.5, 0.6) is 5.88 Å². The van der Waals surface area contributed by atoms with Crippen LogP contribution in [0.4, 0.5) is 17.6 Å². The molecule has 28 heavy (non-hydrogen) atoms. The molecule has 3 heterocycles. The normalized spacial score (nSPS) is 14.6. The molecule has 1 saturated carbocycles. The van der Waals surface area contributed by atoms with Gasteiger partial charge in [0.2, 0.25) is 11.8 Å². The molecule has 1 fully saturated rings. The minimum Gasteiger partial charge on any atom is -0.472 e. The zero-order chi connectivity index (χ0) is 19.3. The Labute approximate surface area is 162 Å². The monoisotopic (exact) mass is 385 g/mol. The van der Waals surface area contributed by atoms with E-state index in [1.54, 1.807) is 25.4 Å². The molecule has 0 aromatic carbocycles. The molecule has 0 radical (unpaired) electrons. The van der Waals surface area contributed by atoms with Gasteiger partial charge in [0.05, 0.1) is 18.8 Å². The highest BCUT2D eigenvalue weighted by Crippen LogP contribution is 2.39. The number of hydrogen-bond donors (Lipinski definition) is 3. The summed E-state index contributed by atoms with van der Waals surface area (Å²) in [4.78, 5) is 8.65. The van der Waals surface area contributed by atoms with Gasteiger partial charge in [0.15, 0.2) is 11.6 Å². The van der Waals surface area contributed by atoms with Gasteiger partial charge in [0.1, 0.15) is 11.9 Å². The number of rotatable bonds is 10. The van der Waals surface area contributed by atoms with E-state index in [0.29, 0.717) is 42.5 Å². The van der Waals surface area contributed by atoms with E-state index in [0.717, 1.165) is 11.5 Å². The third kappa shape index (κ3) is 4.77. The number of methoxy groups -OCH3 is 1. The van der Waals surface area contributed by atoms with E-state index in [2.05, 4.69) is 36.0 Å². The van der Waals surface area contributed by atoms with Gasteiger partial charge in [-0.1, -0.05) is 5.16 Å². The van der Waals surface area contributed by atoms with Crippen LogP contribution in [0.1, 0.15) is 37.1 Å². The van der Waals surface area contributed by atoms with E-state index in [1.807, 2.05) is 13.0 Å². The average Bonchev–Trinajstić information content (AvgIpc) is 3.27. The molecule has 0 amide bonds. The average molecular weight is 385 g/mol. The van der Waals surface area contributed by atoms with Crippen LogP contribution >= 0.6 is 0 Å². The van der Waals surface area contributed by atoms with Crippen molar-refractivity contribution >= 4 is 17.6 Å². The first-order valence-electron chi connectivity index (χ1n) is 9.20. The second kappa shape index (κ2) is 8.26. The van der Waals surface area contributed by atoms with Gasteiger partial charge < -0.3 is 24.6 Å². The fourth-order valence-corrected chi connectivity index (χ4v) is 2.71. The van der Waals surface area contributed by atoms with Gasteiger partial charge in [-0.3, -0.25) is 0 Å². The molecular formula is C18H23N7O3. The minimum atomic E-state index is -0.0790. The Bertz CT molecular complexity index is 906. The number of nitrogens with zero attached hydrogens (tertiary/aromatic N) is 4. The van der Waals surface area contributed by atoms with Gasteiger partial charge in [-0.15, -0.1) is 0 Å². The van der Waals surface area contributed by atoms with E-state index >= 15 is 0 Å². The van der Waals surface area contributed by atoms with Gasteiger partial charge in [0.25, 0.3) is 0 Å². The number of anilines is 3. The van der Waals surface area contributed by atoms with E-state index in [-0.39, 0.29) is 6.10 Å². The van der Waals surface area contributed by atoms with Crippen LogP contribution in [0, 0.1) is 0 Å². The van der Waals surface area contributed by atoms with Crippen molar-refractivity contribution in [3.63, 3.8) is 0 Å². The smallest absolute Gasteiger partial charge is 0.224 e. The molecule has 1 aliphatic rings. The van der Waals surface area contributed by atoms with Crippen molar-refractivity contribution < 1.29 is 14.0 Å². The van der Waals surface area contributed by atoms with Gasteiger partial charge >= 0.3 is 0 Å². The van der Waals surface area contributed by atoms with E-state index in [1.165, 1.54) is 12.8 Å². The molecule has 3 aromatic rings. The van der Waals surface area contributed by atoms with Crippen molar-refractivity contribution in [3.05, 3.63) is 35.9 Å². The number of nitrogens with one attached hydrogen (secondary N) is 3. The Kier molecular flexibility index (Phi) is 5.38. The summed E-state index contributed by atoms with van der Waals surface area (Å²) in [6.45, 7) is 2.89. The predicted molar refractivity (Wildman–Crippen MR) is 102 cm³/mol. The van der Waals surface area contributed by atoms with Crippen LogP contribution in [-0.4, -0.2) is 45.1 Å². The van der Waals surface area contributed by atoms with Gasteiger partial charge in [0, 0.05) is 31.4 Å². The van der Waals surface area contributed by atoms with E-state index in [4.69, 9.17) is 14.0 Å². The number of aromatic amines is 1. The Morgan fingerprint density at radius 3 is 3.04 bits per heavy atom. The zero-order valence-electron chi connectivity index (χ0n) is 15.8. The summed E-state index contributed by atoms with van der Waals surface area (Å²) in [5.41, 5.74) is 1.03. The fourth-order valence-electron chi connectivity index (χ4n) is 2.71. The Balaban J connectivity index is 1.32. The quantitative estimate of drug-likeness (QED) is 0.483. The Morgan fingerprint density at radius 1 is 1.32 bits per heavy atom. The molecule has 10 heteroatoms. The lowest BCUT2D eigenvalue weighted by Crippen LogP contribution is -2.18. The molecule has 10 nitrogen and oxygen atoms in total. The molecule has 1 atom stereocenters. The molecule has 0 aliphatic heterocycles. The highest BCUT2D eigenvalue weighted by Gasteiger charge is 2.27. The van der Waals surface area contributed by atoms with Crippen molar-refractivity contribution in [1.82, 2.24) is 25.3 Å². The first-order chi connectivity index (χ1) is 13.7. The minimum absolute atomic E-state index is 0.0790. The van der Waals surface area contributed by atoms with Crippen molar-refractivity contribution in [2.24, 2.45) is 0 Å². The lowest BCUT2D eigenvalue weighted by atomic mass is 10.3. The van der Waals surface area contributed by atoms with Gasteiger partial charge in [-0.2, -0.15) is 10.1 Å². The first-order valence-corrected chi connectivity index (χ1v) is 9.20. The van der Waals surface area contributed by atoms with E-state index in [9.17, 15) is 0 Å². The summed E-state index contributed by atoms with van der Waals surface area (Å²) >= 11 is 0. The maximum atomic E-state index is 5.66. The van der Waals surface area contributed by atoms with Crippen LogP contribution < -0.4 is 15.4 Å². The number of aromatic nitrogens is 5. The van der Waals surface area contributed by atoms with Gasteiger partial charge in [-0.25, -0.2) is 10.1 Å². The molecule has 3 aromatic heterocycles. The molecule has 4 rings (SSSR count). The Hall–Kier alpha value is -3.14. The van der Waals surface area contributed by atoms with Crippen molar-refractivity contribution in [2.45, 2.75) is 38.3 Å². The van der Waals surface area contributed by atoms with Crippen molar-refractivity contribution in [2.75, 3.05) is 24.4 Å². The standard InChI is InChI=1S/C18H23N7O3/c1-11(10-26-2)27-17-8-16(23-24-17)21-15-5-6-19-18(22-15)20-9-13-7-14(25-28-13)12-3-4-12/h5-8,11-12H,3-4,9-10H2,1-2H3,(H3,19,20,21,22,23,24). The number of hydrogen-bond acceptors (Lipinski definition) is 9. The highest BCUT2D eigenvalue weighted by molar-refractivity contribution is 5.53. The molecule has 0 bridgehead atoms. The zero-order valence-corrected chi connectivity index (χ0v) is 15.8. The first kappa shape index (κ1) is 18.2. The summed E-state index contributed by atoms with van der Waals surface area (Å²) in [5, 5.41) is 17.3. The molecule has 1 aliphatic carbocycles. The molecule has 1 unspecified atom stereocenters. The topological polar surface area (TPSA) is 123 Å². The molecular weight excluding hydrogens is 362 g/mol. The summed E-state index contributed by atoms with van der Waals surface area (Å²) in [7, 11) is 1.63. The maximum Gasteiger partial charge on any atom is 0.224 e. The van der Waals surface area contributed by atoms with Crippen molar-refractivity contribution in [3.8, 4) is 5.88 Å². The number of H-pyrrole nitrogens is 1. The number of ether oxygens (including phenoxy) is 2. The van der Waals surface area contributed by atoms with Crippen LogP contribution in [0.15, 0.2) is 28.9 Å². The summed E-state index contributed by atoms with van der Waals surface area (Å²) in [5.74, 6) is 3.57. The third-order valence-electron chi connectivity index (χ3n) is 4.19. The SMILES string of the molecule is COCC(C)Oc1cc(Nc2ccnc(NCc3cc(C4CC4)no3)n2)n[nH]1. The Morgan fingerprint density at radius 2 is 2.21 bits per heavy atom. The van der Waals surface area contributed by atoms with E-state index < -0.39 is 0 Å². The largest absolute Gasteiger partial charge is 0.472 e. The fraction of sp³-hybridized carbons (Fsp3) is 0.444. The maximum absolute atomic E-state index is 5.66. The lowest BCUT2D eigenvalue weighted by Gasteiger charge is -2.10. The molecule has 148 valence electrons. The second-order valence-corrected chi connectivity index (χ2v) is 6.74. The van der Waals surface area contributed by atoms with Crippen LogP contribution in [-0.2, 0) is 11.3 Å². The van der Waals surface area contributed by atoms with Crippen LogP contribution in [0.2, 0.25) is 0 Å². The van der Waals surface area contributed by atoms with Gasteiger partial charge in [-0.05, 0) is 25.8 Å². The molecule has 0 spiro atoms. The van der Waals surface area contributed by atoms with Crippen molar-refractivity contribution in [1.29, 1.82) is 0 Å². The molecule has 3 N–H and O–H groups in total. The lowest BCUT2D eigenvalue weighted by molar-refractivity contribution is 0.0889.